The SMILES string of the molecule is Cc1cccc(N2CCN(CCNC(=O)N(C)CC(C)(C)O)CC2)c1. The van der Waals surface area contributed by atoms with Gasteiger partial charge in [-0.05, 0) is 38.5 Å². The molecule has 25 heavy (non-hydrogen) atoms. The molecule has 2 rings (SSSR count). The third-order valence-corrected chi connectivity index (χ3v) is 4.41. The summed E-state index contributed by atoms with van der Waals surface area (Å²) in [6.07, 6.45) is 0. The summed E-state index contributed by atoms with van der Waals surface area (Å²) >= 11 is 0. The molecule has 0 saturated carbocycles. The minimum absolute atomic E-state index is 0.138. The number of carbonyl (C=O) groups excluding carboxylic acids is 1. The molecule has 0 bridgehead atoms. The summed E-state index contributed by atoms with van der Waals surface area (Å²) < 4.78 is 0. The van der Waals surface area contributed by atoms with Crippen molar-refractivity contribution in [1.29, 1.82) is 0 Å². The standard InChI is InChI=1S/C19H32N4O2/c1-16-6-5-7-17(14-16)23-12-10-22(11-13-23)9-8-20-18(24)21(4)15-19(2,3)25/h5-7,14,25H,8-13,15H2,1-4H3,(H,20,24). The zero-order valence-electron chi connectivity index (χ0n) is 16.0. The van der Waals surface area contributed by atoms with Crippen LogP contribution in [-0.4, -0.2) is 79.4 Å². The number of benzene rings is 1. The molecule has 1 aliphatic heterocycles. The topological polar surface area (TPSA) is 59.0 Å². The second-order valence-electron chi connectivity index (χ2n) is 7.57. The van der Waals surface area contributed by atoms with E-state index in [-0.39, 0.29) is 6.03 Å². The van der Waals surface area contributed by atoms with Gasteiger partial charge in [0.15, 0.2) is 0 Å². The first-order valence-corrected chi connectivity index (χ1v) is 9.00. The van der Waals surface area contributed by atoms with Crippen molar-refractivity contribution in [3.8, 4) is 0 Å². The summed E-state index contributed by atoms with van der Waals surface area (Å²) in [5, 5.41) is 12.7. The van der Waals surface area contributed by atoms with Crippen molar-refractivity contribution in [3.63, 3.8) is 0 Å². The molecule has 0 radical (unpaired) electrons. The van der Waals surface area contributed by atoms with Crippen molar-refractivity contribution in [3.05, 3.63) is 29.8 Å². The second-order valence-corrected chi connectivity index (χ2v) is 7.57. The van der Waals surface area contributed by atoms with Gasteiger partial charge >= 0.3 is 6.03 Å². The highest BCUT2D eigenvalue weighted by Crippen LogP contribution is 2.17. The quantitative estimate of drug-likeness (QED) is 0.819. The van der Waals surface area contributed by atoms with E-state index < -0.39 is 5.60 Å². The van der Waals surface area contributed by atoms with Gasteiger partial charge in [0.1, 0.15) is 0 Å². The second kappa shape index (κ2) is 8.54. The molecule has 0 atom stereocenters. The van der Waals surface area contributed by atoms with Crippen LogP contribution in [0.3, 0.4) is 0 Å². The molecule has 0 spiro atoms. The molecular weight excluding hydrogens is 316 g/mol. The number of amides is 2. The zero-order valence-corrected chi connectivity index (χ0v) is 16.0. The van der Waals surface area contributed by atoms with Crippen LogP contribution in [0.5, 0.6) is 0 Å². The number of carbonyl (C=O) groups is 1. The van der Waals surface area contributed by atoms with Gasteiger partial charge in [-0.2, -0.15) is 0 Å². The molecule has 1 saturated heterocycles. The predicted octanol–water partition coefficient (Wildman–Crippen LogP) is 1.53. The van der Waals surface area contributed by atoms with Gasteiger partial charge in [0.25, 0.3) is 0 Å². The normalized spacial score (nSPS) is 16.0. The number of aryl methyl sites for hydroxylation is 1. The van der Waals surface area contributed by atoms with Gasteiger partial charge in [-0.15, -0.1) is 0 Å². The van der Waals surface area contributed by atoms with E-state index >= 15 is 0 Å². The van der Waals surface area contributed by atoms with Crippen molar-refractivity contribution < 1.29 is 9.90 Å². The lowest BCUT2D eigenvalue weighted by atomic mass is 10.1. The molecule has 2 N–H and O–H groups in total. The highest BCUT2D eigenvalue weighted by molar-refractivity contribution is 5.73. The Morgan fingerprint density at radius 2 is 1.96 bits per heavy atom. The Hall–Kier alpha value is -1.79. The van der Waals surface area contributed by atoms with Crippen LogP contribution in [-0.2, 0) is 0 Å². The van der Waals surface area contributed by atoms with Crippen LogP contribution in [0.15, 0.2) is 24.3 Å². The molecule has 6 nitrogen and oxygen atoms in total. The minimum atomic E-state index is -0.877. The van der Waals surface area contributed by atoms with E-state index in [1.807, 2.05) is 0 Å². The fourth-order valence-electron chi connectivity index (χ4n) is 3.16. The molecule has 1 aliphatic rings. The van der Waals surface area contributed by atoms with Crippen molar-refractivity contribution in [2.24, 2.45) is 0 Å². The predicted molar refractivity (Wildman–Crippen MR) is 102 cm³/mol. The maximum absolute atomic E-state index is 12.0. The Labute approximate surface area is 151 Å². The van der Waals surface area contributed by atoms with Crippen LogP contribution in [0, 0.1) is 6.92 Å². The summed E-state index contributed by atoms with van der Waals surface area (Å²) in [4.78, 5) is 18.3. The fourth-order valence-corrected chi connectivity index (χ4v) is 3.16. The zero-order chi connectivity index (χ0) is 18.4. The van der Waals surface area contributed by atoms with Gasteiger partial charge in [-0.25, -0.2) is 4.79 Å². The maximum Gasteiger partial charge on any atom is 0.317 e. The van der Waals surface area contributed by atoms with E-state index in [0.717, 1.165) is 32.7 Å². The Balaban J connectivity index is 1.68. The van der Waals surface area contributed by atoms with E-state index in [1.54, 1.807) is 20.9 Å². The number of rotatable bonds is 6. The average Bonchev–Trinajstić information content (AvgIpc) is 2.54. The molecule has 0 unspecified atom stereocenters. The molecule has 1 heterocycles. The summed E-state index contributed by atoms with van der Waals surface area (Å²) in [5.74, 6) is 0. The van der Waals surface area contributed by atoms with Gasteiger partial charge < -0.3 is 20.2 Å². The van der Waals surface area contributed by atoms with Crippen molar-refractivity contribution in [1.82, 2.24) is 15.1 Å². The minimum Gasteiger partial charge on any atom is -0.389 e. The number of urea groups is 1. The number of piperazine rings is 1. The van der Waals surface area contributed by atoms with Gasteiger partial charge in [0, 0.05) is 52.0 Å². The first kappa shape index (κ1) is 19.5. The molecule has 140 valence electrons. The lowest BCUT2D eigenvalue weighted by Gasteiger charge is -2.36. The largest absolute Gasteiger partial charge is 0.389 e. The van der Waals surface area contributed by atoms with Gasteiger partial charge in [0.2, 0.25) is 0 Å². The van der Waals surface area contributed by atoms with Crippen molar-refractivity contribution in [2.45, 2.75) is 26.4 Å². The molecule has 1 fully saturated rings. The lowest BCUT2D eigenvalue weighted by Crippen LogP contribution is -2.50. The monoisotopic (exact) mass is 348 g/mol. The molecule has 0 aliphatic carbocycles. The first-order valence-electron chi connectivity index (χ1n) is 9.00. The molecule has 0 aromatic heterocycles. The Morgan fingerprint density at radius 1 is 1.28 bits per heavy atom. The summed E-state index contributed by atoms with van der Waals surface area (Å²) in [5.41, 5.74) is 1.71. The molecule has 2 amide bonds. The number of nitrogens with one attached hydrogen (secondary N) is 1. The lowest BCUT2D eigenvalue weighted by molar-refractivity contribution is 0.0531. The third-order valence-electron chi connectivity index (χ3n) is 4.41. The van der Waals surface area contributed by atoms with E-state index in [9.17, 15) is 9.90 Å². The third kappa shape index (κ3) is 6.55. The summed E-state index contributed by atoms with van der Waals surface area (Å²) in [7, 11) is 1.70. The molecular formula is C19H32N4O2. The maximum atomic E-state index is 12.0. The molecule has 6 heteroatoms. The summed E-state index contributed by atoms with van der Waals surface area (Å²) in [6.45, 7) is 11.3. The Kier molecular flexibility index (Phi) is 6.67. The summed E-state index contributed by atoms with van der Waals surface area (Å²) in [6, 6.07) is 8.49. The van der Waals surface area contributed by atoms with Crippen LogP contribution in [0.2, 0.25) is 0 Å². The van der Waals surface area contributed by atoms with Crippen LogP contribution in [0.25, 0.3) is 0 Å². The first-order chi connectivity index (χ1) is 11.7. The number of aliphatic hydroxyl groups is 1. The number of likely N-dealkylation sites (N-methyl/N-ethyl adjacent to an activating group) is 1. The number of anilines is 1. The smallest absolute Gasteiger partial charge is 0.317 e. The van der Waals surface area contributed by atoms with Gasteiger partial charge in [-0.3, -0.25) is 4.90 Å². The van der Waals surface area contributed by atoms with E-state index in [2.05, 4.69) is 46.3 Å². The average molecular weight is 348 g/mol. The van der Waals surface area contributed by atoms with E-state index in [4.69, 9.17) is 0 Å². The number of hydrogen-bond acceptors (Lipinski definition) is 4. The highest BCUT2D eigenvalue weighted by atomic mass is 16.3. The Bertz CT molecular complexity index is 563. The number of nitrogens with zero attached hydrogens (tertiary/aromatic N) is 3. The van der Waals surface area contributed by atoms with Gasteiger partial charge in [0.05, 0.1) is 12.1 Å². The van der Waals surface area contributed by atoms with E-state index in [0.29, 0.717) is 13.1 Å². The van der Waals surface area contributed by atoms with Crippen LogP contribution in [0.4, 0.5) is 10.5 Å². The van der Waals surface area contributed by atoms with Gasteiger partial charge in [-0.1, -0.05) is 12.1 Å². The van der Waals surface area contributed by atoms with Crippen LogP contribution in [0.1, 0.15) is 19.4 Å². The van der Waals surface area contributed by atoms with Crippen LogP contribution < -0.4 is 10.2 Å². The Morgan fingerprint density at radius 3 is 2.56 bits per heavy atom. The highest BCUT2D eigenvalue weighted by Gasteiger charge is 2.20. The van der Waals surface area contributed by atoms with Crippen molar-refractivity contribution >= 4 is 11.7 Å². The molecule has 1 aromatic carbocycles. The van der Waals surface area contributed by atoms with Crippen molar-refractivity contribution in [2.75, 3.05) is 57.8 Å². The fraction of sp³-hybridized carbons (Fsp3) is 0.632. The molecule has 1 aromatic rings. The number of hydrogen-bond donors (Lipinski definition) is 2. The van der Waals surface area contributed by atoms with Crippen LogP contribution >= 0.6 is 0 Å². The van der Waals surface area contributed by atoms with E-state index in [1.165, 1.54) is 16.2 Å².